The smallest absolute Gasteiger partial charge is 0.122 e. The molecule has 3 rings (SSSR count). The van der Waals surface area contributed by atoms with Gasteiger partial charge in [0.2, 0.25) is 0 Å². The number of fused-ring (bicyclic) bond motifs is 1. The van der Waals surface area contributed by atoms with Crippen LogP contribution in [0.2, 0.25) is 0 Å². The molecule has 0 amide bonds. The lowest BCUT2D eigenvalue weighted by Gasteiger charge is -2.31. The molecule has 3 heteroatoms. The Kier molecular flexibility index (Phi) is 5.67. The topological polar surface area (TPSA) is 38.5 Å². The van der Waals surface area contributed by atoms with Crippen LogP contribution in [0.4, 0.5) is 0 Å². The minimum Gasteiger partial charge on any atom is -0.489 e. The number of hydrogen-bond donors (Lipinski definition) is 1. The number of rotatable bonds is 7. The standard InChI is InChI=1S/C20H26N2O/c21-13-6-14-22(15-17-7-2-1-3-8-17)16-19-12-11-18-9-4-5-10-20(18)23-19/h1-5,7-10,19H,6,11-16,21H2. The van der Waals surface area contributed by atoms with E-state index in [4.69, 9.17) is 10.5 Å². The van der Waals surface area contributed by atoms with E-state index < -0.39 is 0 Å². The van der Waals surface area contributed by atoms with Gasteiger partial charge in [-0.2, -0.15) is 0 Å². The molecule has 1 atom stereocenters. The van der Waals surface area contributed by atoms with Crippen LogP contribution < -0.4 is 10.5 Å². The predicted octanol–water partition coefficient (Wildman–Crippen LogP) is 3.23. The fourth-order valence-corrected chi connectivity index (χ4v) is 3.19. The number of aryl methyl sites for hydroxylation is 1. The van der Waals surface area contributed by atoms with Gasteiger partial charge in [-0.3, -0.25) is 4.90 Å². The zero-order valence-corrected chi connectivity index (χ0v) is 13.7. The molecule has 1 heterocycles. The molecule has 0 saturated heterocycles. The maximum atomic E-state index is 6.21. The van der Waals surface area contributed by atoms with Gasteiger partial charge in [0, 0.05) is 13.1 Å². The zero-order valence-electron chi connectivity index (χ0n) is 13.7. The van der Waals surface area contributed by atoms with Gasteiger partial charge in [-0.15, -0.1) is 0 Å². The van der Waals surface area contributed by atoms with E-state index in [2.05, 4.69) is 59.5 Å². The van der Waals surface area contributed by atoms with Crippen LogP contribution in [0.3, 0.4) is 0 Å². The van der Waals surface area contributed by atoms with Gasteiger partial charge in [-0.1, -0.05) is 48.5 Å². The summed E-state index contributed by atoms with van der Waals surface area (Å²) in [6, 6.07) is 19.0. The third kappa shape index (κ3) is 4.57. The molecule has 0 fully saturated rings. The van der Waals surface area contributed by atoms with E-state index in [1.54, 1.807) is 0 Å². The summed E-state index contributed by atoms with van der Waals surface area (Å²) in [7, 11) is 0. The summed E-state index contributed by atoms with van der Waals surface area (Å²) in [6.45, 7) is 3.68. The Hall–Kier alpha value is -1.84. The Bertz CT molecular complexity index is 600. The average molecular weight is 310 g/mol. The van der Waals surface area contributed by atoms with Gasteiger partial charge in [0.1, 0.15) is 11.9 Å². The van der Waals surface area contributed by atoms with Crippen LogP contribution in [0, 0.1) is 0 Å². The van der Waals surface area contributed by atoms with E-state index in [0.29, 0.717) is 0 Å². The molecule has 122 valence electrons. The third-order valence-corrected chi connectivity index (χ3v) is 4.39. The Morgan fingerprint density at radius 2 is 1.83 bits per heavy atom. The fraction of sp³-hybridized carbons (Fsp3) is 0.400. The van der Waals surface area contributed by atoms with Crippen LogP contribution in [-0.2, 0) is 13.0 Å². The quantitative estimate of drug-likeness (QED) is 0.853. The predicted molar refractivity (Wildman–Crippen MR) is 94.6 cm³/mol. The van der Waals surface area contributed by atoms with Crippen molar-refractivity contribution < 1.29 is 4.74 Å². The largest absolute Gasteiger partial charge is 0.489 e. The summed E-state index contributed by atoms with van der Waals surface area (Å²) in [5.41, 5.74) is 8.39. The van der Waals surface area contributed by atoms with Crippen molar-refractivity contribution in [3.63, 3.8) is 0 Å². The first kappa shape index (κ1) is 16.0. The highest BCUT2D eigenvalue weighted by Gasteiger charge is 2.21. The lowest BCUT2D eigenvalue weighted by atomic mass is 10.0. The van der Waals surface area contributed by atoms with Crippen molar-refractivity contribution in [3.05, 3.63) is 65.7 Å². The van der Waals surface area contributed by atoms with Crippen molar-refractivity contribution in [2.45, 2.75) is 31.9 Å². The molecule has 3 nitrogen and oxygen atoms in total. The first-order chi connectivity index (χ1) is 11.3. The second-order valence-corrected chi connectivity index (χ2v) is 6.25. The molecular formula is C20H26N2O. The Morgan fingerprint density at radius 3 is 2.65 bits per heavy atom. The van der Waals surface area contributed by atoms with E-state index in [0.717, 1.165) is 51.2 Å². The maximum absolute atomic E-state index is 6.21. The molecule has 0 radical (unpaired) electrons. The number of benzene rings is 2. The molecule has 0 aliphatic carbocycles. The second kappa shape index (κ2) is 8.14. The highest BCUT2D eigenvalue weighted by molar-refractivity contribution is 5.35. The van der Waals surface area contributed by atoms with Crippen LogP contribution in [-0.4, -0.2) is 30.6 Å². The summed E-state index contributed by atoms with van der Waals surface area (Å²) < 4.78 is 6.21. The van der Waals surface area contributed by atoms with Gasteiger partial charge in [-0.05, 0) is 49.5 Å². The molecule has 0 bridgehead atoms. The minimum absolute atomic E-state index is 0.270. The molecule has 2 N–H and O–H groups in total. The van der Waals surface area contributed by atoms with Crippen molar-refractivity contribution >= 4 is 0 Å². The molecule has 2 aromatic carbocycles. The van der Waals surface area contributed by atoms with Gasteiger partial charge in [-0.25, -0.2) is 0 Å². The normalized spacial score (nSPS) is 16.9. The molecule has 1 aliphatic heterocycles. The fourth-order valence-electron chi connectivity index (χ4n) is 3.19. The van der Waals surface area contributed by atoms with Gasteiger partial charge < -0.3 is 10.5 Å². The third-order valence-electron chi connectivity index (χ3n) is 4.39. The number of hydrogen-bond acceptors (Lipinski definition) is 3. The average Bonchev–Trinajstić information content (AvgIpc) is 2.60. The van der Waals surface area contributed by atoms with Gasteiger partial charge in [0.15, 0.2) is 0 Å². The van der Waals surface area contributed by atoms with Gasteiger partial charge in [0.25, 0.3) is 0 Å². The van der Waals surface area contributed by atoms with Crippen molar-refractivity contribution in [2.24, 2.45) is 5.73 Å². The highest BCUT2D eigenvalue weighted by atomic mass is 16.5. The summed E-state index contributed by atoms with van der Waals surface area (Å²) in [4.78, 5) is 2.47. The SMILES string of the molecule is NCCCN(Cc1ccccc1)CC1CCc2ccccc2O1. The first-order valence-corrected chi connectivity index (χ1v) is 8.56. The van der Waals surface area contributed by atoms with Crippen molar-refractivity contribution in [2.75, 3.05) is 19.6 Å². The first-order valence-electron chi connectivity index (χ1n) is 8.56. The molecule has 1 aliphatic rings. The molecule has 23 heavy (non-hydrogen) atoms. The molecule has 2 aromatic rings. The van der Waals surface area contributed by atoms with E-state index >= 15 is 0 Å². The lowest BCUT2D eigenvalue weighted by molar-refractivity contribution is 0.110. The van der Waals surface area contributed by atoms with E-state index in [1.807, 2.05) is 0 Å². The number of nitrogens with two attached hydrogens (primary N) is 1. The molecular weight excluding hydrogens is 284 g/mol. The summed E-state index contributed by atoms with van der Waals surface area (Å²) in [5, 5.41) is 0. The molecule has 1 unspecified atom stereocenters. The Balaban J connectivity index is 1.62. The van der Waals surface area contributed by atoms with Crippen molar-refractivity contribution in [3.8, 4) is 5.75 Å². The minimum atomic E-state index is 0.270. The Labute approximate surface area is 139 Å². The van der Waals surface area contributed by atoms with Crippen LogP contribution in [0.1, 0.15) is 24.0 Å². The lowest BCUT2D eigenvalue weighted by Crippen LogP contribution is -2.38. The van der Waals surface area contributed by atoms with Crippen molar-refractivity contribution in [1.82, 2.24) is 4.90 Å². The number of ether oxygens (including phenoxy) is 1. The number of nitrogens with zero attached hydrogens (tertiary/aromatic N) is 1. The van der Waals surface area contributed by atoms with E-state index in [-0.39, 0.29) is 6.10 Å². The van der Waals surface area contributed by atoms with Gasteiger partial charge >= 0.3 is 0 Å². The monoisotopic (exact) mass is 310 g/mol. The van der Waals surface area contributed by atoms with Crippen LogP contribution in [0.15, 0.2) is 54.6 Å². The highest BCUT2D eigenvalue weighted by Crippen LogP contribution is 2.27. The van der Waals surface area contributed by atoms with Crippen LogP contribution in [0.25, 0.3) is 0 Å². The van der Waals surface area contributed by atoms with Gasteiger partial charge in [0.05, 0.1) is 0 Å². The van der Waals surface area contributed by atoms with E-state index in [9.17, 15) is 0 Å². The molecule has 0 spiro atoms. The molecule has 0 aromatic heterocycles. The molecule has 0 saturated carbocycles. The Morgan fingerprint density at radius 1 is 1.04 bits per heavy atom. The summed E-state index contributed by atoms with van der Waals surface area (Å²) >= 11 is 0. The maximum Gasteiger partial charge on any atom is 0.122 e. The second-order valence-electron chi connectivity index (χ2n) is 6.25. The van der Waals surface area contributed by atoms with Crippen LogP contribution in [0.5, 0.6) is 5.75 Å². The summed E-state index contributed by atoms with van der Waals surface area (Å²) in [6.07, 6.45) is 3.49. The van der Waals surface area contributed by atoms with Crippen molar-refractivity contribution in [1.29, 1.82) is 0 Å². The van der Waals surface area contributed by atoms with Crippen LogP contribution >= 0.6 is 0 Å². The van der Waals surface area contributed by atoms with E-state index in [1.165, 1.54) is 11.1 Å². The number of para-hydroxylation sites is 1. The zero-order chi connectivity index (χ0) is 15.9. The summed E-state index contributed by atoms with van der Waals surface area (Å²) in [5.74, 6) is 1.06.